The van der Waals surface area contributed by atoms with Crippen LogP contribution in [0.4, 0.5) is 0 Å². The van der Waals surface area contributed by atoms with E-state index >= 15 is 0 Å². The topological polar surface area (TPSA) is 73.1 Å². The number of para-hydroxylation sites is 1. The Morgan fingerprint density at radius 2 is 1.78 bits per heavy atom. The standard InChI is InChI=1S/C20H23N5O2/c26-19-17-7-2-3-8-18(17)23-15-25(19)16-13-21-20(22-14-16)27-12-6-11-24-9-4-1-5-10-24/h2-3,7-8,13-15H,1,4-6,9-12H2. The summed E-state index contributed by atoms with van der Waals surface area (Å²) in [6.45, 7) is 4.03. The second kappa shape index (κ2) is 8.26. The normalized spacial score (nSPS) is 15.1. The minimum Gasteiger partial charge on any atom is -0.463 e. The van der Waals surface area contributed by atoms with Crippen LogP contribution in [0, 0.1) is 0 Å². The van der Waals surface area contributed by atoms with E-state index in [1.165, 1.54) is 43.2 Å². The first-order valence-corrected chi connectivity index (χ1v) is 9.45. The molecule has 0 N–H and O–H groups in total. The van der Waals surface area contributed by atoms with Crippen LogP contribution in [0.5, 0.6) is 6.01 Å². The minimum atomic E-state index is -0.139. The van der Waals surface area contributed by atoms with Crippen LogP contribution in [0.25, 0.3) is 16.6 Å². The summed E-state index contributed by atoms with van der Waals surface area (Å²) >= 11 is 0. The number of piperidine rings is 1. The average molecular weight is 365 g/mol. The van der Waals surface area contributed by atoms with Gasteiger partial charge in [0.15, 0.2) is 0 Å². The van der Waals surface area contributed by atoms with Crippen LogP contribution in [0.1, 0.15) is 25.7 Å². The van der Waals surface area contributed by atoms with Gasteiger partial charge in [0, 0.05) is 6.54 Å². The summed E-state index contributed by atoms with van der Waals surface area (Å²) < 4.78 is 7.08. The van der Waals surface area contributed by atoms with Crippen LogP contribution in [-0.2, 0) is 0 Å². The highest BCUT2D eigenvalue weighted by Crippen LogP contribution is 2.11. The summed E-state index contributed by atoms with van der Waals surface area (Å²) in [4.78, 5) is 27.9. The van der Waals surface area contributed by atoms with Gasteiger partial charge >= 0.3 is 6.01 Å². The Bertz CT molecular complexity index is 948. The first-order valence-electron chi connectivity index (χ1n) is 9.45. The summed E-state index contributed by atoms with van der Waals surface area (Å²) in [7, 11) is 0. The third kappa shape index (κ3) is 4.14. The molecule has 1 aliphatic heterocycles. The summed E-state index contributed by atoms with van der Waals surface area (Å²) in [5.41, 5.74) is 1.10. The molecule has 1 aromatic carbocycles. The van der Waals surface area contributed by atoms with Crippen molar-refractivity contribution in [2.75, 3.05) is 26.2 Å². The highest BCUT2D eigenvalue weighted by Gasteiger charge is 2.10. The number of fused-ring (bicyclic) bond motifs is 1. The van der Waals surface area contributed by atoms with Gasteiger partial charge in [0.1, 0.15) is 6.33 Å². The van der Waals surface area contributed by atoms with Gasteiger partial charge in [0.2, 0.25) is 0 Å². The molecule has 0 unspecified atom stereocenters. The lowest BCUT2D eigenvalue weighted by molar-refractivity contribution is 0.200. The van der Waals surface area contributed by atoms with Gasteiger partial charge in [-0.25, -0.2) is 15.0 Å². The summed E-state index contributed by atoms with van der Waals surface area (Å²) in [5, 5.41) is 0.568. The molecule has 0 saturated carbocycles. The van der Waals surface area contributed by atoms with E-state index in [2.05, 4.69) is 19.9 Å². The van der Waals surface area contributed by atoms with Crippen molar-refractivity contribution >= 4 is 10.9 Å². The number of hydrogen-bond acceptors (Lipinski definition) is 6. The number of benzene rings is 1. The third-order valence-corrected chi connectivity index (χ3v) is 4.86. The van der Waals surface area contributed by atoms with Crippen molar-refractivity contribution in [3.63, 3.8) is 0 Å². The van der Waals surface area contributed by atoms with E-state index in [0.29, 0.717) is 29.2 Å². The fourth-order valence-electron chi connectivity index (χ4n) is 3.40. The molecule has 7 nitrogen and oxygen atoms in total. The Hall–Kier alpha value is -2.80. The number of rotatable bonds is 6. The Morgan fingerprint density at radius 1 is 1.00 bits per heavy atom. The van der Waals surface area contributed by atoms with E-state index in [4.69, 9.17) is 4.74 Å². The lowest BCUT2D eigenvalue weighted by atomic mass is 10.1. The first kappa shape index (κ1) is 17.6. The van der Waals surface area contributed by atoms with E-state index in [1.807, 2.05) is 18.2 Å². The molecule has 140 valence electrons. The maximum atomic E-state index is 12.6. The molecule has 0 aliphatic carbocycles. The molecule has 0 radical (unpaired) electrons. The smallest absolute Gasteiger partial charge is 0.316 e. The monoisotopic (exact) mass is 365 g/mol. The number of nitrogens with zero attached hydrogens (tertiary/aromatic N) is 5. The minimum absolute atomic E-state index is 0.139. The van der Waals surface area contributed by atoms with Crippen molar-refractivity contribution in [1.82, 2.24) is 24.4 Å². The van der Waals surface area contributed by atoms with Crippen LogP contribution in [-0.4, -0.2) is 50.7 Å². The largest absolute Gasteiger partial charge is 0.463 e. The van der Waals surface area contributed by atoms with Gasteiger partial charge < -0.3 is 9.64 Å². The third-order valence-electron chi connectivity index (χ3n) is 4.86. The van der Waals surface area contributed by atoms with E-state index in [0.717, 1.165) is 13.0 Å². The van der Waals surface area contributed by atoms with Crippen LogP contribution in [0.15, 0.2) is 47.8 Å². The Morgan fingerprint density at radius 3 is 2.59 bits per heavy atom. The molecule has 27 heavy (non-hydrogen) atoms. The maximum Gasteiger partial charge on any atom is 0.316 e. The lowest BCUT2D eigenvalue weighted by Crippen LogP contribution is -2.31. The molecule has 0 spiro atoms. The SMILES string of the molecule is O=c1c2ccccc2ncn1-c1cnc(OCCCN2CCCCC2)nc1. The highest BCUT2D eigenvalue weighted by atomic mass is 16.5. The van der Waals surface area contributed by atoms with Crippen molar-refractivity contribution < 1.29 is 4.74 Å². The molecule has 4 rings (SSSR count). The molecule has 1 fully saturated rings. The summed E-state index contributed by atoms with van der Waals surface area (Å²) in [5.74, 6) is 0. The van der Waals surface area contributed by atoms with Gasteiger partial charge in [-0.2, -0.15) is 0 Å². The summed E-state index contributed by atoms with van der Waals surface area (Å²) in [6, 6.07) is 7.60. The van der Waals surface area contributed by atoms with Gasteiger partial charge in [-0.3, -0.25) is 9.36 Å². The zero-order chi connectivity index (χ0) is 18.5. The zero-order valence-electron chi connectivity index (χ0n) is 15.3. The zero-order valence-corrected chi connectivity index (χ0v) is 15.3. The van der Waals surface area contributed by atoms with Crippen molar-refractivity contribution in [3.8, 4) is 11.7 Å². The fraction of sp³-hybridized carbons (Fsp3) is 0.400. The van der Waals surface area contributed by atoms with E-state index in [1.54, 1.807) is 18.5 Å². The second-order valence-corrected chi connectivity index (χ2v) is 6.77. The van der Waals surface area contributed by atoms with Crippen molar-refractivity contribution in [2.45, 2.75) is 25.7 Å². The predicted octanol–water partition coefficient (Wildman–Crippen LogP) is 2.43. The average Bonchev–Trinajstić information content (AvgIpc) is 2.73. The molecule has 1 saturated heterocycles. The van der Waals surface area contributed by atoms with Crippen molar-refractivity contribution in [2.24, 2.45) is 0 Å². The summed E-state index contributed by atoms with van der Waals surface area (Å²) in [6.07, 6.45) is 9.59. The fourth-order valence-corrected chi connectivity index (χ4v) is 3.40. The van der Waals surface area contributed by atoms with E-state index in [9.17, 15) is 4.79 Å². The molecule has 0 amide bonds. The molecular weight excluding hydrogens is 342 g/mol. The van der Waals surface area contributed by atoms with Crippen molar-refractivity contribution in [3.05, 3.63) is 53.3 Å². The molecule has 3 aromatic rings. The highest BCUT2D eigenvalue weighted by molar-refractivity contribution is 5.77. The number of aromatic nitrogens is 4. The second-order valence-electron chi connectivity index (χ2n) is 6.77. The number of likely N-dealkylation sites (tertiary alicyclic amines) is 1. The predicted molar refractivity (Wildman–Crippen MR) is 103 cm³/mol. The van der Waals surface area contributed by atoms with Crippen LogP contribution in [0.2, 0.25) is 0 Å². The Labute approximate surface area is 157 Å². The van der Waals surface area contributed by atoms with Crippen LogP contribution in [0.3, 0.4) is 0 Å². The molecule has 2 aromatic heterocycles. The van der Waals surface area contributed by atoms with E-state index < -0.39 is 0 Å². The Kier molecular flexibility index (Phi) is 5.39. The maximum absolute atomic E-state index is 12.6. The van der Waals surface area contributed by atoms with Gasteiger partial charge in [0.05, 0.1) is 35.6 Å². The quantitative estimate of drug-likeness (QED) is 0.625. The number of hydrogen-bond donors (Lipinski definition) is 0. The molecular formula is C20H23N5O2. The van der Waals surface area contributed by atoms with Gasteiger partial charge in [-0.1, -0.05) is 18.6 Å². The van der Waals surface area contributed by atoms with Gasteiger partial charge in [0.25, 0.3) is 5.56 Å². The lowest BCUT2D eigenvalue weighted by Gasteiger charge is -2.26. The Balaban J connectivity index is 1.37. The molecule has 0 atom stereocenters. The van der Waals surface area contributed by atoms with Crippen LogP contribution >= 0.6 is 0 Å². The van der Waals surface area contributed by atoms with Crippen molar-refractivity contribution in [1.29, 1.82) is 0 Å². The molecule has 7 heteroatoms. The number of ether oxygens (including phenoxy) is 1. The van der Waals surface area contributed by atoms with Crippen LogP contribution < -0.4 is 10.3 Å². The molecule has 0 bridgehead atoms. The van der Waals surface area contributed by atoms with Gasteiger partial charge in [-0.15, -0.1) is 0 Å². The molecule has 3 heterocycles. The first-order chi connectivity index (χ1) is 13.3. The molecule has 1 aliphatic rings. The van der Waals surface area contributed by atoms with E-state index in [-0.39, 0.29) is 5.56 Å². The van der Waals surface area contributed by atoms with Gasteiger partial charge in [-0.05, 0) is 44.5 Å².